The number of hydrogen-bond acceptors (Lipinski definition) is 3. The van der Waals surface area contributed by atoms with Gasteiger partial charge in [-0.25, -0.2) is 0 Å². The van der Waals surface area contributed by atoms with Gasteiger partial charge >= 0.3 is 0 Å². The van der Waals surface area contributed by atoms with E-state index in [0.29, 0.717) is 5.92 Å². The number of benzene rings is 1. The van der Waals surface area contributed by atoms with Gasteiger partial charge in [0.05, 0.1) is 0 Å². The molecule has 0 amide bonds. The molecule has 1 N–H and O–H groups in total. The largest absolute Gasteiger partial charge is 0.373 e. The van der Waals surface area contributed by atoms with Crippen LogP contribution in [0.15, 0.2) is 47.5 Å². The number of amidine groups is 1. The molecule has 0 bridgehead atoms. The summed E-state index contributed by atoms with van der Waals surface area (Å²) >= 11 is 1.83. The quantitative estimate of drug-likeness (QED) is 0.580. The fourth-order valence-corrected chi connectivity index (χ4v) is 3.88. The molecule has 0 spiro atoms. The standard InChI is InChI=1S/C12H18N2.C12H14S.C2H6/c1-2-4-7-11(8-5-3-1)12-13-9-6-10-14-12;1-4-10-6-7-11(5-2)12(8-10)9-13-3;1-2/h1-2,4,7,11H,3,5-6,8-10H2,(H,13,14);1,6-8H,5,9H2,2-3H3;1-2H3/b2-1-,7-4-;;. The lowest BCUT2D eigenvalue weighted by Crippen LogP contribution is -2.34. The molecule has 29 heavy (non-hydrogen) atoms. The van der Waals surface area contributed by atoms with Crippen molar-refractivity contribution in [2.45, 2.75) is 58.6 Å². The molecule has 0 saturated carbocycles. The molecule has 2 nitrogen and oxygen atoms in total. The first kappa shape index (κ1) is 25.1. The van der Waals surface area contributed by atoms with Gasteiger partial charge in [-0.3, -0.25) is 4.99 Å². The van der Waals surface area contributed by atoms with Crippen molar-refractivity contribution < 1.29 is 0 Å². The topological polar surface area (TPSA) is 24.4 Å². The minimum atomic E-state index is 0.528. The predicted octanol–water partition coefficient (Wildman–Crippen LogP) is 6.41. The van der Waals surface area contributed by atoms with E-state index in [1.54, 1.807) is 0 Å². The van der Waals surface area contributed by atoms with Crippen LogP contribution < -0.4 is 5.32 Å². The van der Waals surface area contributed by atoms with Crippen LogP contribution in [-0.4, -0.2) is 25.2 Å². The summed E-state index contributed by atoms with van der Waals surface area (Å²) in [6, 6.07) is 6.28. The summed E-state index contributed by atoms with van der Waals surface area (Å²) in [6.45, 7) is 8.27. The zero-order valence-electron chi connectivity index (χ0n) is 18.7. The third-order valence-electron chi connectivity index (χ3n) is 4.80. The van der Waals surface area contributed by atoms with Crippen LogP contribution in [0.3, 0.4) is 0 Å². The second-order valence-electron chi connectivity index (χ2n) is 6.81. The lowest BCUT2D eigenvalue weighted by atomic mass is 9.97. The van der Waals surface area contributed by atoms with Gasteiger partial charge in [-0.2, -0.15) is 11.8 Å². The van der Waals surface area contributed by atoms with Crippen LogP contribution >= 0.6 is 11.8 Å². The molecule has 3 rings (SSSR count). The number of rotatable bonds is 4. The van der Waals surface area contributed by atoms with Gasteiger partial charge in [0.15, 0.2) is 0 Å². The van der Waals surface area contributed by atoms with Crippen LogP contribution in [0.1, 0.15) is 63.1 Å². The highest BCUT2D eigenvalue weighted by atomic mass is 32.2. The smallest absolute Gasteiger partial charge is 0.103 e. The predicted molar refractivity (Wildman–Crippen MR) is 133 cm³/mol. The second kappa shape index (κ2) is 15.9. The number of aryl methyl sites for hydroxylation is 1. The number of allylic oxidation sites excluding steroid dienone is 3. The SMILES string of the molecule is C#Cc1ccc(CC)c(CSC)c1.C1=C\CCCC(C2=NCCCN2)\C=C/1.CC. The summed E-state index contributed by atoms with van der Waals surface area (Å²) < 4.78 is 0. The average Bonchev–Trinajstić information content (AvgIpc) is 2.76. The van der Waals surface area contributed by atoms with Crippen molar-refractivity contribution in [2.75, 3.05) is 19.3 Å². The highest BCUT2D eigenvalue weighted by Gasteiger charge is 2.14. The van der Waals surface area contributed by atoms with Gasteiger partial charge in [-0.15, -0.1) is 6.42 Å². The summed E-state index contributed by atoms with van der Waals surface area (Å²) in [4.78, 5) is 4.56. The van der Waals surface area contributed by atoms with Gasteiger partial charge in [0.25, 0.3) is 0 Å². The third kappa shape index (κ3) is 9.41. The zero-order valence-corrected chi connectivity index (χ0v) is 19.5. The van der Waals surface area contributed by atoms with Crippen LogP contribution in [0.4, 0.5) is 0 Å². The number of nitrogens with zero attached hydrogens (tertiary/aromatic N) is 1. The number of aliphatic imine (C=N–C) groups is 1. The van der Waals surface area contributed by atoms with Crippen molar-refractivity contribution in [3.05, 3.63) is 59.2 Å². The van der Waals surface area contributed by atoms with Crippen LogP contribution in [0, 0.1) is 18.3 Å². The van der Waals surface area contributed by atoms with Crippen LogP contribution in [0.2, 0.25) is 0 Å². The lowest BCUT2D eigenvalue weighted by molar-refractivity contribution is 0.633. The van der Waals surface area contributed by atoms with Crippen LogP contribution in [0.5, 0.6) is 0 Å². The highest BCUT2D eigenvalue weighted by Crippen LogP contribution is 2.17. The molecule has 1 aliphatic heterocycles. The van der Waals surface area contributed by atoms with E-state index in [9.17, 15) is 0 Å². The number of hydrogen-bond donors (Lipinski definition) is 1. The molecule has 1 aromatic rings. The maximum Gasteiger partial charge on any atom is 0.103 e. The van der Waals surface area contributed by atoms with Crippen LogP contribution in [0.25, 0.3) is 0 Å². The van der Waals surface area contributed by atoms with E-state index in [4.69, 9.17) is 6.42 Å². The Labute approximate surface area is 183 Å². The third-order valence-corrected chi connectivity index (χ3v) is 5.40. The Hall–Kier alpha value is -1.92. The lowest BCUT2D eigenvalue weighted by Gasteiger charge is -2.21. The molecule has 1 atom stereocenters. The Bertz CT molecular complexity index is 710. The van der Waals surface area contributed by atoms with E-state index in [2.05, 4.69) is 65.8 Å². The maximum atomic E-state index is 5.35. The highest BCUT2D eigenvalue weighted by molar-refractivity contribution is 7.97. The molecule has 1 aliphatic carbocycles. The van der Waals surface area contributed by atoms with Crippen molar-refractivity contribution >= 4 is 17.6 Å². The summed E-state index contributed by atoms with van der Waals surface area (Å²) in [7, 11) is 0. The van der Waals surface area contributed by atoms with E-state index in [1.807, 2.05) is 31.7 Å². The molecule has 1 unspecified atom stereocenters. The van der Waals surface area contributed by atoms with E-state index in [1.165, 1.54) is 42.6 Å². The summed E-state index contributed by atoms with van der Waals surface area (Å²) in [5, 5.41) is 3.41. The Morgan fingerprint density at radius 1 is 1.21 bits per heavy atom. The van der Waals surface area contributed by atoms with Crippen molar-refractivity contribution in [1.29, 1.82) is 0 Å². The van der Waals surface area contributed by atoms with Crippen molar-refractivity contribution in [2.24, 2.45) is 10.9 Å². The van der Waals surface area contributed by atoms with Crippen molar-refractivity contribution in [3.8, 4) is 12.3 Å². The first-order chi connectivity index (χ1) is 14.3. The van der Waals surface area contributed by atoms with Gasteiger partial charge in [-0.05, 0) is 61.6 Å². The molecule has 0 aromatic heterocycles. The van der Waals surface area contributed by atoms with E-state index in [-0.39, 0.29) is 0 Å². The molecule has 1 aromatic carbocycles. The summed E-state index contributed by atoms with van der Waals surface area (Å²) in [6.07, 6.45) is 22.2. The van der Waals surface area contributed by atoms with E-state index in [0.717, 1.165) is 30.8 Å². The number of nitrogens with one attached hydrogen (secondary N) is 1. The Morgan fingerprint density at radius 3 is 2.69 bits per heavy atom. The maximum absolute atomic E-state index is 5.35. The van der Waals surface area contributed by atoms with Gasteiger partial charge in [0, 0.05) is 30.3 Å². The molecule has 0 radical (unpaired) electrons. The molecule has 0 saturated heterocycles. The molecular weight excluding hydrogens is 372 g/mol. The second-order valence-corrected chi connectivity index (χ2v) is 7.68. The fraction of sp³-hybridized carbons (Fsp3) is 0.500. The minimum Gasteiger partial charge on any atom is -0.373 e. The monoisotopic (exact) mass is 410 g/mol. The molecule has 3 heteroatoms. The summed E-state index contributed by atoms with van der Waals surface area (Å²) in [5.74, 6) is 5.46. The molecule has 2 aliphatic rings. The minimum absolute atomic E-state index is 0.528. The van der Waals surface area contributed by atoms with Gasteiger partial charge in [-0.1, -0.05) is 57.1 Å². The Balaban J connectivity index is 0.000000268. The first-order valence-electron chi connectivity index (χ1n) is 11.0. The zero-order chi connectivity index (χ0) is 21.3. The Morgan fingerprint density at radius 2 is 2.03 bits per heavy atom. The van der Waals surface area contributed by atoms with Crippen molar-refractivity contribution in [3.63, 3.8) is 0 Å². The number of terminal acetylenes is 1. The van der Waals surface area contributed by atoms with E-state index < -0.39 is 0 Å². The first-order valence-corrected chi connectivity index (χ1v) is 12.4. The van der Waals surface area contributed by atoms with Crippen molar-refractivity contribution in [1.82, 2.24) is 5.32 Å². The van der Waals surface area contributed by atoms with E-state index >= 15 is 0 Å². The molecule has 158 valence electrons. The van der Waals surface area contributed by atoms with Crippen LogP contribution in [-0.2, 0) is 12.2 Å². The Kier molecular flexibility index (Phi) is 13.8. The number of thioether (sulfide) groups is 1. The molecular formula is C26H38N2S. The normalized spacial score (nSPS) is 20.0. The molecule has 1 heterocycles. The summed E-state index contributed by atoms with van der Waals surface area (Å²) in [5.41, 5.74) is 3.78. The van der Waals surface area contributed by atoms with Gasteiger partial charge < -0.3 is 5.32 Å². The average molecular weight is 411 g/mol. The fourth-order valence-electron chi connectivity index (χ4n) is 3.30. The van der Waals surface area contributed by atoms with Gasteiger partial charge in [0.2, 0.25) is 0 Å². The van der Waals surface area contributed by atoms with Gasteiger partial charge in [0.1, 0.15) is 5.84 Å². The molecule has 0 fully saturated rings.